The molecule has 0 aliphatic heterocycles. The summed E-state index contributed by atoms with van der Waals surface area (Å²) in [5.41, 5.74) is 4.26. The highest BCUT2D eigenvalue weighted by Crippen LogP contribution is 2.29. The van der Waals surface area contributed by atoms with E-state index in [0.717, 1.165) is 47.3 Å². The standard InChI is InChI=1S/C21H21N7S/c1-2-3-8-20-22-19(14-29)25-28(20)13-15-9-11-16(12-10-15)17-6-4-5-7-18(17)21-23-26-27-24-21/h4-7,9-12,14H,2-3,8,13H2,1H3,(H,23,24,26,27). The van der Waals surface area contributed by atoms with E-state index in [-0.39, 0.29) is 0 Å². The summed E-state index contributed by atoms with van der Waals surface area (Å²) in [5.74, 6) is 2.17. The number of rotatable bonds is 8. The van der Waals surface area contributed by atoms with Crippen LogP contribution in [0.1, 0.15) is 37.0 Å². The molecule has 4 aromatic rings. The third-order valence-electron chi connectivity index (χ3n) is 4.73. The van der Waals surface area contributed by atoms with Crippen molar-refractivity contribution >= 4 is 17.6 Å². The molecular formula is C21H21N7S. The van der Waals surface area contributed by atoms with Crippen molar-refractivity contribution in [2.45, 2.75) is 32.7 Å². The number of H-pyrrole nitrogens is 1. The zero-order valence-corrected chi connectivity index (χ0v) is 16.9. The lowest BCUT2D eigenvalue weighted by Crippen LogP contribution is -2.07. The molecule has 0 aliphatic rings. The number of hydrogen-bond donors (Lipinski definition) is 1. The highest BCUT2D eigenvalue weighted by atomic mass is 32.1. The van der Waals surface area contributed by atoms with Crippen LogP contribution in [-0.2, 0) is 13.0 Å². The van der Waals surface area contributed by atoms with Gasteiger partial charge in [-0.1, -0.05) is 74.1 Å². The molecule has 2 aromatic heterocycles. The second kappa shape index (κ2) is 8.83. The van der Waals surface area contributed by atoms with Crippen LogP contribution < -0.4 is 0 Å². The summed E-state index contributed by atoms with van der Waals surface area (Å²) in [7, 11) is 0. The van der Waals surface area contributed by atoms with Crippen LogP contribution in [-0.4, -0.2) is 40.8 Å². The summed E-state index contributed by atoms with van der Waals surface area (Å²) in [6, 6.07) is 16.5. The van der Waals surface area contributed by atoms with Crippen LogP contribution in [0.4, 0.5) is 0 Å². The zero-order chi connectivity index (χ0) is 20.1. The SMILES string of the molecule is CCCCc1nc(C=S)nn1Cc1ccc(-c2ccccc2-c2nn[nH]n2)cc1. The molecule has 0 aliphatic carbocycles. The largest absolute Gasteiger partial charge is 0.245 e. The summed E-state index contributed by atoms with van der Waals surface area (Å²) in [6.45, 7) is 2.84. The summed E-state index contributed by atoms with van der Waals surface area (Å²) in [4.78, 5) is 4.54. The lowest BCUT2D eigenvalue weighted by Gasteiger charge is -2.09. The molecule has 146 valence electrons. The molecule has 8 heteroatoms. The molecule has 0 bridgehead atoms. The van der Waals surface area contributed by atoms with E-state index in [4.69, 9.17) is 12.2 Å². The minimum atomic E-state index is 0.584. The first-order valence-corrected chi connectivity index (χ1v) is 10.1. The van der Waals surface area contributed by atoms with Crippen molar-refractivity contribution in [3.8, 4) is 22.5 Å². The Morgan fingerprint density at radius 2 is 1.86 bits per heavy atom. The number of tetrazole rings is 1. The van der Waals surface area contributed by atoms with Gasteiger partial charge in [-0.2, -0.15) is 10.3 Å². The number of aromatic amines is 1. The highest BCUT2D eigenvalue weighted by molar-refractivity contribution is 7.79. The van der Waals surface area contributed by atoms with Gasteiger partial charge in [0.15, 0.2) is 5.82 Å². The summed E-state index contributed by atoms with van der Waals surface area (Å²) < 4.78 is 1.95. The number of nitrogens with zero attached hydrogens (tertiary/aromatic N) is 6. The Balaban J connectivity index is 1.59. The monoisotopic (exact) mass is 403 g/mol. The van der Waals surface area contributed by atoms with E-state index in [1.165, 1.54) is 5.37 Å². The molecule has 0 unspecified atom stereocenters. The first-order valence-electron chi connectivity index (χ1n) is 9.59. The van der Waals surface area contributed by atoms with Crippen LogP contribution in [0.25, 0.3) is 22.5 Å². The number of thiocarbonyl (C=S) groups is 1. The number of benzene rings is 2. The Kier molecular flexibility index (Phi) is 5.81. The molecule has 0 saturated heterocycles. The van der Waals surface area contributed by atoms with Crippen LogP contribution in [0.15, 0.2) is 48.5 Å². The van der Waals surface area contributed by atoms with Gasteiger partial charge in [-0.05, 0) is 28.3 Å². The van der Waals surface area contributed by atoms with Gasteiger partial charge in [0.2, 0.25) is 5.82 Å². The van der Waals surface area contributed by atoms with E-state index < -0.39 is 0 Å². The predicted molar refractivity (Wildman–Crippen MR) is 116 cm³/mol. The van der Waals surface area contributed by atoms with E-state index in [1.54, 1.807) is 0 Å². The lowest BCUT2D eigenvalue weighted by molar-refractivity contribution is 0.618. The number of aryl methyl sites for hydroxylation is 1. The minimum absolute atomic E-state index is 0.584. The molecule has 2 aromatic carbocycles. The predicted octanol–water partition coefficient (Wildman–Crippen LogP) is 3.86. The van der Waals surface area contributed by atoms with Gasteiger partial charge in [-0.25, -0.2) is 9.67 Å². The molecule has 2 heterocycles. The fourth-order valence-electron chi connectivity index (χ4n) is 3.26. The molecule has 29 heavy (non-hydrogen) atoms. The Morgan fingerprint density at radius 1 is 1.07 bits per heavy atom. The molecule has 0 radical (unpaired) electrons. The van der Waals surface area contributed by atoms with Gasteiger partial charge < -0.3 is 0 Å². The first-order chi connectivity index (χ1) is 14.3. The minimum Gasteiger partial charge on any atom is -0.245 e. The third kappa shape index (κ3) is 4.27. The van der Waals surface area contributed by atoms with E-state index in [9.17, 15) is 0 Å². The van der Waals surface area contributed by atoms with Crippen LogP contribution >= 0.6 is 12.2 Å². The van der Waals surface area contributed by atoms with Gasteiger partial charge in [0.25, 0.3) is 0 Å². The van der Waals surface area contributed by atoms with Gasteiger partial charge in [0.1, 0.15) is 5.82 Å². The molecule has 0 spiro atoms. The number of nitrogens with one attached hydrogen (secondary N) is 1. The van der Waals surface area contributed by atoms with Crippen LogP contribution in [0, 0.1) is 0 Å². The molecule has 7 nitrogen and oxygen atoms in total. The summed E-state index contributed by atoms with van der Waals surface area (Å²) in [6.07, 6.45) is 3.11. The molecule has 0 saturated carbocycles. The van der Waals surface area contributed by atoms with Crippen molar-refractivity contribution in [1.29, 1.82) is 0 Å². The van der Waals surface area contributed by atoms with Crippen molar-refractivity contribution in [3.05, 3.63) is 65.7 Å². The van der Waals surface area contributed by atoms with Gasteiger partial charge in [-0.15, -0.1) is 10.2 Å². The Bertz CT molecular complexity index is 1080. The quantitative estimate of drug-likeness (QED) is 0.450. The van der Waals surface area contributed by atoms with Crippen molar-refractivity contribution in [2.75, 3.05) is 0 Å². The third-order valence-corrected chi connectivity index (χ3v) is 4.95. The maximum atomic E-state index is 5.01. The van der Waals surface area contributed by atoms with E-state index in [2.05, 4.69) is 68.0 Å². The van der Waals surface area contributed by atoms with Crippen LogP contribution in [0.5, 0.6) is 0 Å². The lowest BCUT2D eigenvalue weighted by atomic mass is 9.98. The van der Waals surface area contributed by atoms with E-state index >= 15 is 0 Å². The van der Waals surface area contributed by atoms with Crippen molar-refractivity contribution in [1.82, 2.24) is 35.4 Å². The fraction of sp³-hybridized carbons (Fsp3) is 0.238. The van der Waals surface area contributed by atoms with Crippen molar-refractivity contribution in [2.24, 2.45) is 0 Å². The number of unbranched alkanes of at least 4 members (excludes halogenated alkanes) is 1. The zero-order valence-electron chi connectivity index (χ0n) is 16.1. The van der Waals surface area contributed by atoms with Crippen LogP contribution in [0.2, 0.25) is 0 Å². The Morgan fingerprint density at radius 3 is 2.55 bits per heavy atom. The number of aromatic nitrogens is 7. The van der Waals surface area contributed by atoms with Gasteiger partial charge in [-0.3, -0.25) is 0 Å². The van der Waals surface area contributed by atoms with Gasteiger partial charge in [0, 0.05) is 17.4 Å². The maximum absolute atomic E-state index is 5.01. The molecule has 4 rings (SSSR count). The van der Waals surface area contributed by atoms with Gasteiger partial charge >= 0.3 is 0 Å². The van der Waals surface area contributed by atoms with E-state index in [0.29, 0.717) is 18.2 Å². The van der Waals surface area contributed by atoms with Crippen molar-refractivity contribution in [3.63, 3.8) is 0 Å². The second-order valence-electron chi connectivity index (χ2n) is 6.74. The molecule has 0 amide bonds. The molecule has 1 N–H and O–H groups in total. The molecule has 0 fully saturated rings. The smallest absolute Gasteiger partial charge is 0.205 e. The highest BCUT2D eigenvalue weighted by Gasteiger charge is 2.12. The topological polar surface area (TPSA) is 85.2 Å². The Labute approximate surface area is 174 Å². The van der Waals surface area contributed by atoms with Crippen molar-refractivity contribution < 1.29 is 0 Å². The molecule has 0 atom stereocenters. The van der Waals surface area contributed by atoms with E-state index in [1.807, 2.05) is 22.9 Å². The fourth-order valence-corrected chi connectivity index (χ4v) is 3.36. The normalized spacial score (nSPS) is 10.9. The summed E-state index contributed by atoms with van der Waals surface area (Å²) >= 11 is 5.01. The second-order valence-corrected chi connectivity index (χ2v) is 6.98. The maximum Gasteiger partial charge on any atom is 0.205 e. The average Bonchev–Trinajstić information content (AvgIpc) is 3.43. The van der Waals surface area contributed by atoms with Crippen LogP contribution in [0.3, 0.4) is 0 Å². The number of hydrogen-bond acceptors (Lipinski definition) is 6. The summed E-state index contributed by atoms with van der Waals surface area (Å²) in [5, 5.41) is 20.5. The molecular weight excluding hydrogens is 382 g/mol. The van der Waals surface area contributed by atoms with Gasteiger partial charge in [0.05, 0.1) is 6.54 Å². The first kappa shape index (κ1) is 19.1. The average molecular weight is 404 g/mol. The Hall–Kier alpha value is -3.26.